The van der Waals surface area contributed by atoms with Gasteiger partial charge in [-0.05, 0) is 40.9 Å². The minimum atomic E-state index is -0.845. The van der Waals surface area contributed by atoms with Crippen LogP contribution in [0.15, 0.2) is 24.5 Å². The highest BCUT2D eigenvalue weighted by Gasteiger charge is 2.21. The molecular weight excluding hydrogens is 346 g/mol. The third-order valence-electron chi connectivity index (χ3n) is 2.55. The quantitative estimate of drug-likeness (QED) is 0.782. The van der Waals surface area contributed by atoms with Crippen LogP contribution in [0.5, 0.6) is 0 Å². The van der Waals surface area contributed by atoms with E-state index in [1.807, 2.05) is 0 Å². The molecule has 1 aromatic carbocycles. The molecule has 1 aromatic heterocycles. The highest BCUT2D eigenvalue weighted by molar-refractivity contribution is 6.71. The van der Waals surface area contributed by atoms with Crippen molar-refractivity contribution in [2.75, 3.05) is 0 Å². The third kappa shape index (κ3) is 3.15. The standard InChI is InChI=1S/C12H6Cl4N2O2/c13-7-2-1-6(3-8(7)14)4-18-5-17-9(11(15)19)10(18)12(16)20/h1-3,5H,4H2. The normalized spacial score (nSPS) is 10.6. The summed E-state index contributed by atoms with van der Waals surface area (Å²) in [5.74, 6) is 0. The first-order chi connectivity index (χ1) is 9.40. The topological polar surface area (TPSA) is 52.0 Å². The Balaban J connectivity index is 2.41. The van der Waals surface area contributed by atoms with Gasteiger partial charge in [0.1, 0.15) is 5.69 Å². The van der Waals surface area contributed by atoms with E-state index in [4.69, 9.17) is 46.4 Å². The van der Waals surface area contributed by atoms with Crippen LogP contribution in [0.25, 0.3) is 0 Å². The Morgan fingerprint density at radius 3 is 2.35 bits per heavy atom. The number of benzene rings is 1. The number of halogens is 4. The van der Waals surface area contributed by atoms with E-state index in [2.05, 4.69) is 4.98 Å². The Bertz CT molecular complexity index is 697. The molecule has 0 unspecified atom stereocenters. The van der Waals surface area contributed by atoms with Crippen LogP contribution in [-0.2, 0) is 6.54 Å². The van der Waals surface area contributed by atoms with Crippen molar-refractivity contribution in [3.8, 4) is 0 Å². The van der Waals surface area contributed by atoms with Crippen LogP contribution < -0.4 is 0 Å². The van der Waals surface area contributed by atoms with E-state index < -0.39 is 10.5 Å². The molecule has 0 aliphatic heterocycles. The smallest absolute Gasteiger partial charge is 0.273 e. The number of carbonyl (C=O) groups is 2. The van der Waals surface area contributed by atoms with Crippen molar-refractivity contribution in [1.29, 1.82) is 0 Å². The van der Waals surface area contributed by atoms with Crippen molar-refractivity contribution in [2.45, 2.75) is 6.54 Å². The molecule has 0 aliphatic rings. The molecular formula is C12H6Cl4N2O2. The molecule has 2 rings (SSSR count). The summed E-state index contributed by atoms with van der Waals surface area (Å²) in [6, 6.07) is 5.01. The first kappa shape index (κ1) is 15.3. The van der Waals surface area contributed by atoms with Gasteiger partial charge in [-0.15, -0.1) is 0 Å². The molecule has 8 heteroatoms. The Morgan fingerprint density at radius 2 is 1.80 bits per heavy atom. The lowest BCUT2D eigenvalue weighted by Gasteiger charge is -2.07. The average molecular weight is 352 g/mol. The Hall–Kier alpha value is -1.07. The lowest BCUT2D eigenvalue weighted by Crippen LogP contribution is -2.09. The van der Waals surface area contributed by atoms with Gasteiger partial charge in [0.2, 0.25) is 0 Å². The summed E-state index contributed by atoms with van der Waals surface area (Å²) in [6.07, 6.45) is 1.31. The second kappa shape index (κ2) is 6.14. The highest BCUT2D eigenvalue weighted by atomic mass is 35.5. The predicted molar refractivity (Wildman–Crippen MR) is 78.2 cm³/mol. The van der Waals surface area contributed by atoms with Crippen LogP contribution in [0.3, 0.4) is 0 Å². The number of carbonyl (C=O) groups excluding carboxylic acids is 2. The summed E-state index contributed by atoms with van der Waals surface area (Å²) in [7, 11) is 0. The molecule has 0 bridgehead atoms. The maximum atomic E-state index is 11.4. The van der Waals surface area contributed by atoms with E-state index in [1.54, 1.807) is 18.2 Å². The molecule has 0 amide bonds. The fraction of sp³-hybridized carbons (Fsp3) is 0.0833. The first-order valence-electron chi connectivity index (χ1n) is 5.29. The number of rotatable bonds is 4. The van der Waals surface area contributed by atoms with Crippen molar-refractivity contribution in [2.24, 2.45) is 0 Å². The summed E-state index contributed by atoms with van der Waals surface area (Å²) in [5, 5.41) is -0.851. The first-order valence-corrected chi connectivity index (χ1v) is 6.80. The van der Waals surface area contributed by atoms with Crippen molar-refractivity contribution in [3.63, 3.8) is 0 Å². The van der Waals surface area contributed by atoms with E-state index in [9.17, 15) is 9.59 Å². The average Bonchev–Trinajstić information content (AvgIpc) is 2.78. The number of hydrogen-bond acceptors (Lipinski definition) is 3. The van der Waals surface area contributed by atoms with Gasteiger partial charge in [0.05, 0.1) is 16.4 Å². The lowest BCUT2D eigenvalue weighted by molar-refractivity contribution is 0.104. The molecule has 0 saturated carbocycles. The Morgan fingerprint density at radius 1 is 1.10 bits per heavy atom. The molecule has 104 valence electrons. The van der Waals surface area contributed by atoms with Gasteiger partial charge in [0.25, 0.3) is 10.5 Å². The van der Waals surface area contributed by atoms with E-state index >= 15 is 0 Å². The largest absolute Gasteiger partial charge is 0.322 e. The molecule has 0 aliphatic carbocycles. The van der Waals surface area contributed by atoms with Crippen LogP contribution in [0.1, 0.15) is 26.5 Å². The molecule has 0 atom stereocenters. The summed E-state index contributed by atoms with van der Waals surface area (Å²) >= 11 is 22.6. The highest BCUT2D eigenvalue weighted by Crippen LogP contribution is 2.24. The van der Waals surface area contributed by atoms with Crippen molar-refractivity contribution in [3.05, 3.63) is 51.5 Å². The van der Waals surface area contributed by atoms with Gasteiger partial charge in [0.15, 0.2) is 5.69 Å². The zero-order chi connectivity index (χ0) is 14.9. The van der Waals surface area contributed by atoms with E-state index in [-0.39, 0.29) is 17.9 Å². The van der Waals surface area contributed by atoms with E-state index in [1.165, 1.54) is 10.9 Å². The Kier molecular flexibility index (Phi) is 4.70. The summed E-state index contributed by atoms with van der Waals surface area (Å²) < 4.78 is 1.42. The van der Waals surface area contributed by atoms with Gasteiger partial charge in [0, 0.05) is 6.54 Å². The fourth-order valence-electron chi connectivity index (χ4n) is 1.69. The van der Waals surface area contributed by atoms with Gasteiger partial charge in [-0.2, -0.15) is 0 Å². The second-order valence-corrected chi connectivity index (χ2v) is 5.37. The fourth-order valence-corrected chi connectivity index (χ4v) is 2.34. The summed E-state index contributed by atoms with van der Waals surface area (Å²) in [4.78, 5) is 26.4. The van der Waals surface area contributed by atoms with Gasteiger partial charge < -0.3 is 4.57 Å². The number of nitrogens with zero attached hydrogens (tertiary/aromatic N) is 2. The van der Waals surface area contributed by atoms with Crippen molar-refractivity contribution in [1.82, 2.24) is 9.55 Å². The summed E-state index contributed by atoms with van der Waals surface area (Å²) in [5.41, 5.74) is 0.536. The van der Waals surface area contributed by atoms with Gasteiger partial charge in [-0.25, -0.2) is 4.98 Å². The molecule has 1 heterocycles. The molecule has 0 radical (unpaired) electrons. The minimum absolute atomic E-state index is 0.0576. The van der Waals surface area contributed by atoms with Gasteiger partial charge in [-0.1, -0.05) is 29.3 Å². The zero-order valence-electron chi connectivity index (χ0n) is 9.74. The molecule has 2 aromatic rings. The van der Waals surface area contributed by atoms with Gasteiger partial charge in [-0.3, -0.25) is 9.59 Å². The lowest BCUT2D eigenvalue weighted by atomic mass is 10.2. The molecule has 0 N–H and O–H groups in total. The zero-order valence-corrected chi connectivity index (χ0v) is 12.8. The molecule has 0 fully saturated rings. The monoisotopic (exact) mass is 350 g/mol. The SMILES string of the molecule is O=C(Cl)c1ncn(Cc2ccc(Cl)c(Cl)c2)c1C(=O)Cl. The van der Waals surface area contributed by atoms with E-state index in [0.717, 1.165) is 5.56 Å². The number of imidazole rings is 1. The van der Waals surface area contributed by atoms with Crippen LogP contribution in [0.2, 0.25) is 10.0 Å². The van der Waals surface area contributed by atoms with Crippen molar-refractivity contribution >= 4 is 56.9 Å². The molecule has 0 saturated heterocycles. The predicted octanol–water partition coefficient (Wildman–Crippen LogP) is 4.00. The molecule has 4 nitrogen and oxygen atoms in total. The van der Waals surface area contributed by atoms with Crippen LogP contribution in [0, 0.1) is 0 Å². The molecule has 0 spiro atoms. The number of aromatic nitrogens is 2. The van der Waals surface area contributed by atoms with Crippen LogP contribution in [-0.4, -0.2) is 20.0 Å². The van der Waals surface area contributed by atoms with Crippen LogP contribution in [0.4, 0.5) is 0 Å². The summed E-state index contributed by atoms with van der Waals surface area (Å²) in [6.45, 7) is 0.252. The number of hydrogen-bond donors (Lipinski definition) is 0. The van der Waals surface area contributed by atoms with Gasteiger partial charge >= 0.3 is 0 Å². The van der Waals surface area contributed by atoms with Crippen LogP contribution >= 0.6 is 46.4 Å². The maximum Gasteiger partial charge on any atom is 0.273 e. The second-order valence-electron chi connectivity index (χ2n) is 3.87. The Labute approximate surface area is 134 Å². The third-order valence-corrected chi connectivity index (χ3v) is 3.64. The van der Waals surface area contributed by atoms with E-state index in [0.29, 0.717) is 10.0 Å². The van der Waals surface area contributed by atoms with Crippen molar-refractivity contribution < 1.29 is 9.59 Å². The minimum Gasteiger partial charge on any atom is -0.322 e. The maximum absolute atomic E-state index is 11.4. The molecule has 20 heavy (non-hydrogen) atoms.